The van der Waals surface area contributed by atoms with E-state index in [0.29, 0.717) is 12.0 Å². The van der Waals surface area contributed by atoms with Crippen molar-refractivity contribution in [3.05, 3.63) is 24.0 Å². The number of H-pyrrole nitrogens is 1. The highest BCUT2D eigenvalue weighted by molar-refractivity contribution is 5.07. The van der Waals surface area contributed by atoms with E-state index in [1.807, 2.05) is 12.4 Å². The van der Waals surface area contributed by atoms with Crippen LogP contribution < -0.4 is 5.32 Å². The van der Waals surface area contributed by atoms with Gasteiger partial charge in [0, 0.05) is 31.5 Å². The largest absolute Gasteiger partial charge is 0.367 e. The first-order valence-electron chi connectivity index (χ1n) is 5.59. The van der Waals surface area contributed by atoms with Crippen LogP contribution in [0, 0.1) is 5.92 Å². The first-order valence-corrected chi connectivity index (χ1v) is 5.59. The first-order chi connectivity index (χ1) is 7.09. The van der Waals surface area contributed by atoms with Gasteiger partial charge in [-0.3, -0.25) is 0 Å². The minimum atomic E-state index is 0.551. The number of rotatable bonds is 6. The zero-order chi connectivity index (χ0) is 11.3. The lowest BCUT2D eigenvalue weighted by atomic mass is 10.0. The van der Waals surface area contributed by atoms with Crippen molar-refractivity contribution in [2.75, 3.05) is 20.6 Å². The molecule has 15 heavy (non-hydrogen) atoms. The summed E-state index contributed by atoms with van der Waals surface area (Å²) in [5.74, 6) is 0.659. The van der Waals surface area contributed by atoms with E-state index in [1.165, 1.54) is 5.56 Å². The van der Waals surface area contributed by atoms with Gasteiger partial charge in [-0.2, -0.15) is 0 Å². The second-order valence-electron chi connectivity index (χ2n) is 4.71. The van der Waals surface area contributed by atoms with Gasteiger partial charge in [0.05, 0.1) is 0 Å². The third kappa shape index (κ3) is 4.49. The normalized spacial score (nSPS) is 13.7. The summed E-state index contributed by atoms with van der Waals surface area (Å²) in [7, 11) is 4.24. The van der Waals surface area contributed by atoms with Gasteiger partial charge in [0.1, 0.15) is 0 Å². The van der Waals surface area contributed by atoms with Crippen molar-refractivity contribution in [1.29, 1.82) is 0 Å². The second kappa shape index (κ2) is 5.93. The highest BCUT2D eigenvalue weighted by Gasteiger charge is 2.13. The zero-order valence-corrected chi connectivity index (χ0v) is 10.2. The van der Waals surface area contributed by atoms with E-state index in [9.17, 15) is 0 Å². The molecule has 0 amide bonds. The van der Waals surface area contributed by atoms with E-state index in [2.05, 4.69) is 49.2 Å². The van der Waals surface area contributed by atoms with Gasteiger partial charge in [0.25, 0.3) is 0 Å². The molecule has 0 saturated carbocycles. The molecule has 0 fully saturated rings. The molecular weight excluding hydrogens is 186 g/mol. The van der Waals surface area contributed by atoms with Crippen LogP contribution in [0.3, 0.4) is 0 Å². The Labute approximate surface area is 92.9 Å². The Hall–Kier alpha value is -0.800. The number of likely N-dealkylation sites (N-methyl/N-ethyl adjacent to an activating group) is 1. The zero-order valence-electron chi connectivity index (χ0n) is 10.2. The van der Waals surface area contributed by atoms with Crippen LogP contribution in [0.2, 0.25) is 0 Å². The number of nitrogens with one attached hydrogen (secondary N) is 2. The van der Waals surface area contributed by atoms with E-state index in [1.54, 1.807) is 0 Å². The topological polar surface area (TPSA) is 31.1 Å². The van der Waals surface area contributed by atoms with Gasteiger partial charge in [-0.25, -0.2) is 0 Å². The highest BCUT2D eigenvalue weighted by Crippen LogP contribution is 2.04. The van der Waals surface area contributed by atoms with Gasteiger partial charge >= 0.3 is 0 Å². The Morgan fingerprint density at radius 2 is 2.13 bits per heavy atom. The molecule has 0 aliphatic heterocycles. The predicted molar refractivity (Wildman–Crippen MR) is 64.8 cm³/mol. The van der Waals surface area contributed by atoms with Crippen molar-refractivity contribution in [3.8, 4) is 0 Å². The molecule has 0 aliphatic rings. The van der Waals surface area contributed by atoms with Crippen molar-refractivity contribution in [2.24, 2.45) is 5.92 Å². The van der Waals surface area contributed by atoms with Crippen molar-refractivity contribution in [1.82, 2.24) is 15.2 Å². The molecular formula is C12H23N3. The monoisotopic (exact) mass is 209 g/mol. The lowest BCUT2D eigenvalue weighted by molar-refractivity contribution is 0.288. The molecule has 1 aromatic heterocycles. The Kier molecular flexibility index (Phi) is 4.85. The Bertz CT molecular complexity index is 252. The molecule has 1 rings (SSSR count). The number of nitrogens with zero attached hydrogens (tertiary/aromatic N) is 1. The molecule has 0 saturated heterocycles. The number of aromatic amines is 1. The van der Waals surface area contributed by atoms with E-state index in [0.717, 1.165) is 13.1 Å². The second-order valence-corrected chi connectivity index (χ2v) is 4.71. The summed E-state index contributed by atoms with van der Waals surface area (Å²) in [4.78, 5) is 5.30. The molecule has 0 spiro atoms. The fourth-order valence-electron chi connectivity index (χ4n) is 1.62. The standard InChI is InChI=1S/C12H23N3/c1-10(2)12(9-15(3)4)14-8-11-5-6-13-7-11/h5-7,10,12-14H,8-9H2,1-4H3. The van der Waals surface area contributed by atoms with Crippen LogP contribution in [0.5, 0.6) is 0 Å². The maximum Gasteiger partial charge on any atom is 0.0223 e. The first kappa shape index (κ1) is 12.3. The van der Waals surface area contributed by atoms with Gasteiger partial charge in [-0.05, 0) is 31.6 Å². The summed E-state index contributed by atoms with van der Waals surface area (Å²) in [5.41, 5.74) is 1.32. The molecule has 0 aromatic carbocycles. The van der Waals surface area contributed by atoms with Crippen LogP contribution in [0.15, 0.2) is 18.5 Å². The maximum absolute atomic E-state index is 3.59. The molecule has 1 heterocycles. The minimum Gasteiger partial charge on any atom is -0.367 e. The van der Waals surface area contributed by atoms with Gasteiger partial charge in [-0.1, -0.05) is 13.8 Å². The minimum absolute atomic E-state index is 0.551. The molecule has 1 atom stereocenters. The van der Waals surface area contributed by atoms with Crippen molar-refractivity contribution in [2.45, 2.75) is 26.4 Å². The van der Waals surface area contributed by atoms with Crippen LogP contribution in [-0.2, 0) is 6.54 Å². The molecule has 1 aromatic rings. The van der Waals surface area contributed by atoms with Crippen molar-refractivity contribution < 1.29 is 0 Å². The lowest BCUT2D eigenvalue weighted by Crippen LogP contribution is -2.41. The van der Waals surface area contributed by atoms with Crippen LogP contribution >= 0.6 is 0 Å². The van der Waals surface area contributed by atoms with E-state index < -0.39 is 0 Å². The summed E-state index contributed by atoms with van der Waals surface area (Å²) in [6.45, 7) is 6.55. The van der Waals surface area contributed by atoms with Crippen LogP contribution in [0.25, 0.3) is 0 Å². The summed E-state index contributed by atoms with van der Waals surface area (Å²) in [6.07, 6.45) is 4.01. The SMILES string of the molecule is CC(C)C(CN(C)C)NCc1cc[nH]c1. The average molecular weight is 209 g/mol. The average Bonchev–Trinajstić information content (AvgIpc) is 2.63. The summed E-state index contributed by atoms with van der Waals surface area (Å²) in [6, 6.07) is 2.66. The fraction of sp³-hybridized carbons (Fsp3) is 0.667. The summed E-state index contributed by atoms with van der Waals surface area (Å²) >= 11 is 0. The highest BCUT2D eigenvalue weighted by atomic mass is 15.1. The van der Waals surface area contributed by atoms with Crippen molar-refractivity contribution in [3.63, 3.8) is 0 Å². The summed E-state index contributed by atoms with van der Waals surface area (Å²) < 4.78 is 0. The lowest BCUT2D eigenvalue weighted by Gasteiger charge is -2.25. The quantitative estimate of drug-likeness (QED) is 0.747. The third-order valence-electron chi connectivity index (χ3n) is 2.60. The molecule has 0 radical (unpaired) electrons. The molecule has 86 valence electrons. The van der Waals surface area contributed by atoms with E-state index in [4.69, 9.17) is 0 Å². The fourth-order valence-corrected chi connectivity index (χ4v) is 1.62. The Morgan fingerprint density at radius 3 is 2.60 bits per heavy atom. The third-order valence-corrected chi connectivity index (χ3v) is 2.60. The van der Waals surface area contributed by atoms with Crippen molar-refractivity contribution >= 4 is 0 Å². The molecule has 1 unspecified atom stereocenters. The summed E-state index contributed by atoms with van der Waals surface area (Å²) in [5, 5.41) is 3.59. The number of hydrogen-bond acceptors (Lipinski definition) is 2. The smallest absolute Gasteiger partial charge is 0.0223 e. The molecule has 0 bridgehead atoms. The predicted octanol–water partition coefficient (Wildman–Crippen LogP) is 1.69. The maximum atomic E-state index is 3.59. The molecule has 2 N–H and O–H groups in total. The molecule has 3 heteroatoms. The molecule has 3 nitrogen and oxygen atoms in total. The van der Waals surface area contributed by atoms with Crippen LogP contribution in [0.1, 0.15) is 19.4 Å². The molecule has 0 aliphatic carbocycles. The Morgan fingerprint density at radius 1 is 1.40 bits per heavy atom. The Balaban J connectivity index is 2.38. The van der Waals surface area contributed by atoms with Gasteiger partial charge in [0.2, 0.25) is 0 Å². The van der Waals surface area contributed by atoms with Gasteiger partial charge < -0.3 is 15.2 Å². The van der Waals surface area contributed by atoms with Gasteiger partial charge in [-0.15, -0.1) is 0 Å². The van der Waals surface area contributed by atoms with Crippen LogP contribution in [0.4, 0.5) is 0 Å². The van der Waals surface area contributed by atoms with Crippen LogP contribution in [-0.4, -0.2) is 36.6 Å². The van der Waals surface area contributed by atoms with Gasteiger partial charge in [0.15, 0.2) is 0 Å². The number of aromatic nitrogens is 1. The van der Waals surface area contributed by atoms with E-state index in [-0.39, 0.29) is 0 Å². The van der Waals surface area contributed by atoms with E-state index >= 15 is 0 Å². The number of hydrogen-bond donors (Lipinski definition) is 2.